The number of amides is 1. The first-order chi connectivity index (χ1) is 8.20. The molecule has 2 aliphatic heterocycles. The number of nitrogens with two attached hydrogens (primary N) is 1. The van der Waals surface area contributed by atoms with Crippen LogP contribution in [0.4, 0.5) is 14.9 Å². The summed E-state index contributed by atoms with van der Waals surface area (Å²) in [5.74, 6) is -0.294. The van der Waals surface area contributed by atoms with E-state index in [1.54, 1.807) is 6.07 Å². The number of anilines is 1. The Labute approximate surface area is 98.1 Å². The first-order valence-corrected chi connectivity index (χ1v) is 5.81. The summed E-state index contributed by atoms with van der Waals surface area (Å²) in [6, 6.07) is 4.43. The number of carbonyl (C=O) groups is 1. The lowest BCUT2D eigenvalue weighted by atomic mass is 9.83. The van der Waals surface area contributed by atoms with Crippen LogP contribution in [0.15, 0.2) is 18.2 Å². The van der Waals surface area contributed by atoms with Crippen molar-refractivity contribution in [3.05, 3.63) is 29.6 Å². The molecule has 1 aromatic carbocycles. The number of fused-ring (bicyclic) bond motifs is 2. The van der Waals surface area contributed by atoms with E-state index >= 15 is 0 Å². The lowest BCUT2D eigenvalue weighted by molar-refractivity contribution is -0.668. The zero-order chi connectivity index (χ0) is 11.9. The highest BCUT2D eigenvalue weighted by Crippen LogP contribution is 2.41. The van der Waals surface area contributed by atoms with Gasteiger partial charge in [0.25, 0.3) is 0 Å². The number of rotatable bonds is 0. The Morgan fingerprint density at radius 3 is 2.88 bits per heavy atom. The van der Waals surface area contributed by atoms with Gasteiger partial charge in [-0.05, 0) is 18.2 Å². The molecule has 1 spiro atoms. The van der Waals surface area contributed by atoms with Crippen LogP contribution in [-0.2, 0) is 10.3 Å². The highest BCUT2D eigenvalue weighted by Gasteiger charge is 2.44. The van der Waals surface area contributed by atoms with Crippen molar-refractivity contribution >= 4 is 11.8 Å². The normalized spacial score (nSPS) is 21.6. The molecule has 4 nitrogen and oxygen atoms in total. The van der Waals surface area contributed by atoms with Gasteiger partial charge in [0.1, 0.15) is 5.82 Å². The fraction of sp³-hybridized carbons (Fsp3) is 0.417. The summed E-state index contributed by atoms with van der Waals surface area (Å²) in [5, 5.41) is 4.80. The van der Waals surface area contributed by atoms with E-state index in [1.807, 2.05) is 0 Å². The maximum Gasteiger partial charge on any atom is 0.412 e. The number of piperidine rings is 1. The van der Waals surface area contributed by atoms with Crippen LogP contribution in [0.3, 0.4) is 0 Å². The molecule has 2 aliphatic rings. The summed E-state index contributed by atoms with van der Waals surface area (Å²) >= 11 is 0. The fourth-order valence-electron chi connectivity index (χ4n) is 2.68. The highest BCUT2D eigenvalue weighted by molar-refractivity contribution is 5.88. The molecular formula is C12H14FN2O2+. The van der Waals surface area contributed by atoms with Gasteiger partial charge in [-0.2, -0.15) is 0 Å². The third-order valence-electron chi connectivity index (χ3n) is 3.50. The summed E-state index contributed by atoms with van der Waals surface area (Å²) in [4.78, 5) is 11.5. The van der Waals surface area contributed by atoms with Gasteiger partial charge in [0.15, 0.2) is 5.60 Å². The average molecular weight is 237 g/mol. The van der Waals surface area contributed by atoms with Crippen LogP contribution in [0.2, 0.25) is 0 Å². The van der Waals surface area contributed by atoms with Crippen molar-refractivity contribution in [2.45, 2.75) is 18.4 Å². The number of benzene rings is 1. The molecule has 2 heterocycles. The first-order valence-electron chi connectivity index (χ1n) is 5.81. The standard InChI is InChI=1S/C12H13FN2O2/c13-8-1-2-10-9(7-8)12(17-11(16)15-10)3-5-14-6-4-12/h1-2,7,14H,3-6H2,(H,15,16)/p+1. The maximum absolute atomic E-state index is 13.4. The Morgan fingerprint density at radius 2 is 2.12 bits per heavy atom. The zero-order valence-electron chi connectivity index (χ0n) is 9.33. The molecule has 1 aromatic rings. The summed E-state index contributed by atoms with van der Waals surface area (Å²) in [6.45, 7) is 1.78. The highest BCUT2D eigenvalue weighted by atomic mass is 19.1. The number of nitrogens with one attached hydrogen (secondary N) is 1. The van der Waals surface area contributed by atoms with Crippen molar-refractivity contribution in [2.75, 3.05) is 18.4 Å². The van der Waals surface area contributed by atoms with Gasteiger partial charge in [-0.15, -0.1) is 0 Å². The Bertz CT molecular complexity index is 470. The fourth-order valence-corrected chi connectivity index (χ4v) is 2.68. The molecule has 17 heavy (non-hydrogen) atoms. The minimum absolute atomic E-state index is 0.294. The Kier molecular flexibility index (Phi) is 2.29. The monoisotopic (exact) mass is 237 g/mol. The quantitative estimate of drug-likeness (QED) is 0.705. The van der Waals surface area contributed by atoms with Crippen LogP contribution >= 0.6 is 0 Å². The Morgan fingerprint density at radius 1 is 1.35 bits per heavy atom. The minimum Gasteiger partial charge on any atom is -0.437 e. The van der Waals surface area contributed by atoms with Crippen molar-refractivity contribution in [3.8, 4) is 0 Å². The molecule has 3 rings (SSSR count). The number of ether oxygens (including phenoxy) is 1. The van der Waals surface area contributed by atoms with Crippen LogP contribution in [-0.4, -0.2) is 19.2 Å². The Balaban J connectivity index is 2.11. The molecule has 0 radical (unpaired) electrons. The molecule has 0 bridgehead atoms. The number of carbonyl (C=O) groups excluding carboxylic acids is 1. The van der Waals surface area contributed by atoms with Gasteiger partial charge in [-0.3, -0.25) is 5.32 Å². The molecule has 0 aliphatic carbocycles. The molecular weight excluding hydrogens is 223 g/mol. The molecule has 0 saturated carbocycles. The molecule has 90 valence electrons. The van der Waals surface area contributed by atoms with Crippen molar-refractivity contribution in [2.24, 2.45) is 0 Å². The third-order valence-corrected chi connectivity index (χ3v) is 3.50. The second-order valence-electron chi connectivity index (χ2n) is 4.56. The second-order valence-corrected chi connectivity index (χ2v) is 4.56. The van der Waals surface area contributed by atoms with Gasteiger partial charge in [-0.25, -0.2) is 9.18 Å². The van der Waals surface area contributed by atoms with E-state index in [4.69, 9.17) is 4.74 Å². The van der Waals surface area contributed by atoms with Gasteiger partial charge in [0, 0.05) is 18.4 Å². The van der Waals surface area contributed by atoms with Gasteiger partial charge in [0.05, 0.1) is 18.8 Å². The summed E-state index contributed by atoms with van der Waals surface area (Å²) < 4.78 is 18.8. The van der Waals surface area contributed by atoms with Crippen molar-refractivity contribution in [3.63, 3.8) is 0 Å². The van der Waals surface area contributed by atoms with Gasteiger partial charge >= 0.3 is 6.09 Å². The zero-order valence-corrected chi connectivity index (χ0v) is 9.33. The minimum atomic E-state index is -0.630. The number of hydrogen-bond donors (Lipinski definition) is 2. The number of hydrogen-bond acceptors (Lipinski definition) is 2. The molecule has 1 saturated heterocycles. The number of quaternary nitrogens is 1. The predicted octanol–water partition coefficient (Wildman–Crippen LogP) is 0.940. The number of halogens is 1. The van der Waals surface area contributed by atoms with E-state index in [-0.39, 0.29) is 5.82 Å². The van der Waals surface area contributed by atoms with E-state index < -0.39 is 11.7 Å². The molecule has 0 unspecified atom stereocenters. The molecule has 0 aromatic heterocycles. The third kappa shape index (κ3) is 1.67. The average Bonchev–Trinajstić information content (AvgIpc) is 2.31. The smallest absolute Gasteiger partial charge is 0.412 e. The summed E-state index contributed by atoms with van der Waals surface area (Å²) in [6.07, 6.45) is 1.03. The van der Waals surface area contributed by atoms with Gasteiger partial charge in [0.2, 0.25) is 0 Å². The molecule has 0 atom stereocenters. The maximum atomic E-state index is 13.4. The molecule has 1 amide bonds. The molecule has 3 N–H and O–H groups in total. The van der Waals surface area contributed by atoms with Crippen LogP contribution in [0, 0.1) is 5.82 Å². The van der Waals surface area contributed by atoms with Crippen molar-refractivity contribution < 1.29 is 19.2 Å². The van der Waals surface area contributed by atoms with Crippen LogP contribution in [0.5, 0.6) is 0 Å². The van der Waals surface area contributed by atoms with E-state index in [1.165, 1.54) is 12.1 Å². The second kappa shape index (κ2) is 3.70. The van der Waals surface area contributed by atoms with E-state index in [0.717, 1.165) is 31.5 Å². The van der Waals surface area contributed by atoms with E-state index in [2.05, 4.69) is 10.6 Å². The summed E-state index contributed by atoms with van der Waals surface area (Å²) in [5.41, 5.74) is 0.809. The topological polar surface area (TPSA) is 54.9 Å². The van der Waals surface area contributed by atoms with E-state index in [9.17, 15) is 9.18 Å². The van der Waals surface area contributed by atoms with Crippen molar-refractivity contribution in [1.82, 2.24) is 0 Å². The molecule has 5 heteroatoms. The lowest BCUT2D eigenvalue weighted by Crippen LogP contribution is -2.87. The van der Waals surface area contributed by atoms with Gasteiger partial charge < -0.3 is 10.1 Å². The molecule has 1 fully saturated rings. The largest absolute Gasteiger partial charge is 0.437 e. The van der Waals surface area contributed by atoms with Gasteiger partial charge in [-0.1, -0.05) is 0 Å². The Hall–Kier alpha value is -1.62. The van der Waals surface area contributed by atoms with E-state index in [0.29, 0.717) is 5.69 Å². The summed E-state index contributed by atoms with van der Waals surface area (Å²) in [7, 11) is 0. The van der Waals surface area contributed by atoms with Crippen LogP contribution in [0.1, 0.15) is 18.4 Å². The van der Waals surface area contributed by atoms with Crippen LogP contribution < -0.4 is 10.6 Å². The predicted molar refractivity (Wildman–Crippen MR) is 59.1 cm³/mol. The first kappa shape index (κ1) is 10.5. The lowest BCUT2D eigenvalue weighted by Gasteiger charge is -2.39. The van der Waals surface area contributed by atoms with Crippen molar-refractivity contribution in [1.29, 1.82) is 0 Å². The van der Waals surface area contributed by atoms with Crippen LogP contribution in [0.25, 0.3) is 0 Å². The SMILES string of the molecule is O=C1Nc2ccc(F)cc2C2(CC[NH2+]CC2)O1.